The molecule has 4 rings (SSSR count). The minimum atomic E-state index is 0.0849. The summed E-state index contributed by atoms with van der Waals surface area (Å²) in [6.07, 6.45) is 4.77. The average molecular weight is 244 g/mol. The molecule has 3 aromatic rings. The minimum absolute atomic E-state index is 0.0849. The zero-order chi connectivity index (χ0) is 13.0. The first kappa shape index (κ1) is 10.8. The summed E-state index contributed by atoms with van der Waals surface area (Å²) in [5, 5.41) is 8.18. The third kappa shape index (κ3) is 1.53. The summed E-state index contributed by atoms with van der Waals surface area (Å²) < 4.78 is 0. The van der Waals surface area contributed by atoms with Gasteiger partial charge in [-0.2, -0.15) is 0 Å². The van der Waals surface area contributed by atoms with E-state index in [0.717, 1.165) is 0 Å². The largest absolute Gasteiger partial charge is 0.0671 e. The lowest BCUT2D eigenvalue weighted by molar-refractivity contribution is 0.716. The van der Waals surface area contributed by atoms with Crippen molar-refractivity contribution in [3.63, 3.8) is 0 Å². The lowest BCUT2D eigenvalue weighted by Gasteiger charge is -2.13. The standard InChI is InChI=1S/C19H16/c1-19(2)11-15-7-3-5-13-9-10-14-6-4-8-16(12-19)18(14)17(13)15/h3-12H,1-2H3. The summed E-state index contributed by atoms with van der Waals surface area (Å²) >= 11 is 0. The SMILES string of the molecule is CC1(C)C=c2cccc3ccc4cccc(c4c23)=C1. The van der Waals surface area contributed by atoms with E-state index in [4.69, 9.17) is 0 Å². The van der Waals surface area contributed by atoms with Gasteiger partial charge in [0.05, 0.1) is 0 Å². The fraction of sp³-hybridized carbons (Fsp3) is 0.158. The van der Waals surface area contributed by atoms with Crippen LogP contribution < -0.4 is 10.4 Å². The van der Waals surface area contributed by atoms with Gasteiger partial charge in [-0.1, -0.05) is 74.5 Å². The molecule has 0 spiro atoms. The van der Waals surface area contributed by atoms with Crippen molar-refractivity contribution >= 4 is 33.7 Å². The molecule has 0 aliphatic heterocycles. The van der Waals surface area contributed by atoms with E-state index in [-0.39, 0.29) is 5.41 Å². The van der Waals surface area contributed by atoms with Crippen LogP contribution in [0.2, 0.25) is 0 Å². The molecule has 3 aromatic carbocycles. The zero-order valence-corrected chi connectivity index (χ0v) is 11.3. The van der Waals surface area contributed by atoms with E-state index in [0.29, 0.717) is 0 Å². The molecular formula is C19H16. The van der Waals surface area contributed by atoms with Crippen LogP contribution in [0.5, 0.6) is 0 Å². The average Bonchev–Trinajstić information content (AvgIpc) is 2.49. The monoisotopic (exact) mass is 244 g/mol. The molecule has 0 N–H and O–H groups in total. The van der Waals surface area contributed by atoms with Crippen LogP contribution >= 0.6 is 0 Å². The normalized spacial score (nSPS) is 16.1. The summed E-state index contributed by atoms with van der Waals surface area (Å²) in [5.74, 6) is 0. The Morgan fingerprint density at radius 1 is 0.632 bits per heavy atom. The molecule has 0 radical (unpaired) electrons. The van der Waals surface area contributed by atoms with E-state index in [1.54, 1.807) is 0 Å². The Morgan fingerprint density at radius 2 is 1.11 bits per heavy atom. The van der Waals surface area contributed by atoms with Gasteiger partial charge in [0.1, 0.15) is 0 Å². The van der Waals surface area contributed by atoms with Crippen molar-refractivity contribution in [3.8, 4) is 0 Å². The Kier molecular flexibility index (Phi) is 1.98. The Balaban J connectivity index is 2.47. The fourth-order valence-electron chi connectivity index (χ4n) is 3.30. The van der Waals surface area contributed by atoms with Gasteiger partial charge in [0.25, 0.3) is 0 Å². The van der Waals surface area contributed by atoms with Crippen LogP contribution in [0.3, 0.4) is 0 Å². The maximum atomic E-state index is 2.38. The van der Waals surface area contributed by atoms with E-state index in [9.17, 15) is 0 Å². The molecule has 0 saturated heterocycles. The number of rotatable bonds is 0. The molecule has 0 heteroatoms. The number of benzene rings is 3. The van der Waals surface area contributed by atoms with Gasteiger partial charge in [-0.05, 0) is 32.0 Å². The van der Waals surface area contributed by atoms with Crippen molar-refractivity contribution in [2.45, 2.75) is 13.8 Å². The van der Waals surface area contributed by atoms with Crippen molar-refractivity contribution in [2.75, 3.05) is 0 Å². The van der Waals surface area contributed by atoms with Gasteiger partial charge < -0.3 is 0 Å². The molecule has 0 fully saturated rings. The predicted octanol–water partition coefficient (Wildman–Crippen LogP) is 3.59. The first-order chi connectivity index (χ1) is 9.14. The summed E-state index contributed by atoms with van der Waals surface area (Å²) in [5.41, 5.74) is 0.0849. The Hall–Kier alpha value is -2.08. The predicted molar refractivity (Wildman–Crippen MR) is 83.4 cm³/mol. The molecule has 0 heterocycles. The Bertz CT molecular complexity index is 851. The van der Waals surface area contributed by atoms with E-state index in [1.807, 2.05) is 0 Å². The summed E-state index contributed by atoms with van der Waals surface area (Å²) in [6.45, 7) is 4.55. The molecule has 0 bridgehead atoms. The van der Waals surface area contributed by atoms with Crippen LogP contribution in [0.1, 0.15) is 13.8 Å². The van der Waals surface area contributed by atoms with Crippen molar-refractivity contribution in [1.29, 1.82) is 0 Å². The Morgan fingerprint density at radius 3 is 1.58 bits per heavy atom. The Labute approximate surface area is 112 Å². The second-order valence-electron chi connectivity index (χ2n) is 6.07. The molecule has 0 atom stereocenters. The highest BCUT2D eigenvalue weighted by Crippen LogP contribution is 2.26. The molecule has 0 unspecified atom stereocenters. The van der Waals surface area contributed by atoms with Crippen LogP contribution in [0.15, 0.2) is 48.5 Å². The van der Waals surface area contributed by atoms with Crippen LogP contribution in [0.4, 0.5) is 0 Å². The molecule has 0 saturated carbocycles. The molecule has 1 aliphatic rings. The van der Waals surface area contributed by atoms with Crippen LogP contribution in [-0.2, 0) is 0 Å². The quantitative estimate of drug-likeness (QED) is 0.530. The number of hydrogen-bond acceptors (Lipinski definition) is 0. The van der Waals surface area contributed by atoms with Gasteiger partial charge in [-0.25, -0.2) is 0 Å². The van der Waals surface area contributed by atoms with E-state index >= 15 is 0 Å². The molecule has 0 amide bonds. The minimum Gasteiger partial charge on any atom is -0.0671 e. The van der Waals surface area contributed by atoms with E-state index in [2.05, 4.69) is 74.5 Å². The van der Waals surface area contributed by atoms with Gasteiger partial charge in [-0.15, -0.1) is 0 Å². The highest BCUT2D eigenvalue weighted by Gasteiger charge is 2.15. The van der Waals surface area contributed by atoms with Crippen molar-refractivity contribution in [2.24, 2.45) is 5.41 Å². The maximum Gasteiger partial charge on any atom is 0.00228 e. The van der Waals surface area contributed by atoms with Gasteiger partial charge in [0.15, 0.2) is 0 Å². The molecule has 0 nitrogen and oxygen atoms in total. The van der Waals surface area contributed by atoms with Crippen LogP contribution in [0, 0.1) is 5.41 Å². The summed E-state index contributed by atoms with van der Waals surface area (Å²) in [7, 11) is 0. The van der Waals surface area contributed by atoms with Gasteiger partial charge in [0.2, 0.25) is 0 Å². The van der Waals surface area contributed by atoms with Crippen LogP contribution in [-0.4, -0.2) is 0 Å². The lowest BCUT2D eigenvalue weighted by atomic mass is 9.91. The second kappa shape index (κ2) is 3.48. The topological polar surface area (TPSA) is 0 Å². The third-order valence-corrected chi connectivity index (χ3v) is 4.01. The highest BCUT2D eigenvalue weighted by atomic mass is 14.2. The molecule has 0 aromatic heterocycles. The summed E-state index contributed by atoms with van der Waals surface area (Å²) in [4.78, 5) is 0. The third-order valence-electron chi connectivity index (χ3n) is 4.01. The van der Waals surface area contributed by atoms with E-state index in [1.165, 1.54) is 32.0 Å². The van der Waals surface area contributed by atoms with Gasteiger partial charge in [0, 0.05) is 5.41 Å². The van der Waals surface area contributed by atoms with Gasteiger partial charge in [-0.3, -0.25) is 0 Å². The fourth-order valence-corrected chi connectivity index (χ4v) is 3.30. The second-order valence-corrected chi connectivity index (χ2v) is 6.07. The van der Waals surface area contributed by atoms with Gasteiger partial charge >= 0.3 is 0 Å². The first-order valence-electron chi connectivity index (χ1n) is 6.80. The highest BCUT2D eigenvalue weighted by molar-refractivity contribution is 6.08. The van der Waals surface area contributed by atoms with Crippen molar-refractivity contribution < 1.29 is 0 Å². The zero-order valence-electron chi connectivity index (χ0n) is 11.3. The molecule has 19 heavy (non-hydrogen) atoms. The lowest BCUT2D eigenvalue weighted by Crippen LogP contribution is -2.10. The van der Waals surface area contributed by atoms with E-state index < -0.39 is 0 Å². The molecule has 1 aliphatic carbocycles. The van der Waals surface area contributed by atoms with Crippen molar-refractivity contribution in [1.82, 2.24) is 0 Å². The smallest absolute Gasteiger partial charge is 0.00228 e. The number of hydrogen-bond donors (Lipinski definition) is 0. The van der Waals surface area contributed by atoms with Crippen LogP contribution in [0.25, 0.3) is 33.7 Å². The summed E-state index contributed by atoms with van der Waals surface area (Å²) in [6, 6.07) is 17.7. The van der Waals surface area contributed by atoms with Crippen molar-refractivity contribution in [3.05, 3.63) is 59.0 Å². The first-order valence-corrected chi connectivity index (χ1v) is 6.80. The molecular weight excluding hydrogens is 228 g/mol. The molecule has 92 valence electrons. The maximum absolute atomic E-state index is 2.38.